The van der Waals surface area contributed by atoms with Crippen LogP contribution in [-0.2, 0) is 4.74 Å². The standard InChI is InChI=1S/C17H20N6O5/c1-27-9-4-2-8(3-5-9)20-14-11-15(22-17(18)21-14)23(7-19-11)16-13(26)12(25)10(6-24)28-16/h2-5,7,10,12-13,16,24-26H,6H2,1H3,(H3,18,20,21,22)/t10-,12-,13-,16-/m1/s1. The monoisotopic (exact) mass is 388 g/mol. The average Bonchev–Trinajstić information content (AvgIpc) is 3.23. The van der Waals surface area contributed by atoms with Crippen molar-refractivity contribution in [3.63, 3.8) is 0 Å². The minimum Gasteiger partial charge on any atom is -0.497 e. The maximum Gasteiger partial charge on any atom is 0.224 e. The van der Waals surface area contributed by atoms with Gasteiger partial charge in [0.1, 0.15) is 24.1 Å². The van der Waals surface area contributed by atoms with Crippen LogP contribution in [0.3, 0.4) is 0 Å². The molecule has 0 saturated carbocycles. The summed E-state index contributed by atoms with van der Waals surface area (Å²) in [5, 5.41) is 32.7. The van der Waals surface area contributed by atoms with Gasteiger partial charge in [-0.15, -0.1) is 0 Å². The molecule has 0 aliphatic carbocycles. The summed E-state index contributed by atoms with van der Waals surface area (Å²) >= 11 is 0. The molecule has 1 saturated heterocycles. The van der Waals surface area contributed by atoms with E-state index in [2.05, 4.69) is 20.3 Å². The van der Waals surface area contributed by atoms with Crippen LogP contribution in [0.15, 0.2) is 30.6 Å². The van der Waals surface area contributed by atoms with Gasteiger partial charge >= 0.3 is 0 Å². The summed E-state index contributed by atoms with van der Waals surface area (Å²) in [4.78, 5) is 12.7. The zero-order valence-electron chi connectivity index (χ0n) is 14.9. The number of nitrogen functional groups attached to an aromatic ring is 1. The molecule has 3 aromatic rings. The molecule has 0 radical (unpaired) electrons. The number of hydrogen-bond acceptors (Lipinski definition) is 10. The molecule has 0 amide bonds. The van der Waals surface area contributed by atoms with Gasteiger partial charge in [0.15, 0.2) is 23.2 Å². The third kappa shape index (κ3) is 3.10. The molecule has 1 fully saturated rings. The second kappa shape index (κ2) is 7.20. The number of ether oxygens (including phenoxy) is 2. The lowest BCUT2D eigenvalue weighted by Crippen LogP contribution is -2.33. The SMILES string of the molecule is COc1ccc(Nc2nc(N)nc3c2ncn3[C@@H]2O[C@H](CO)[C@@H](O)[C@H]2O)cc1. The smallest absolute Gasteiger partial charge is 0.224 e. The number of anilines is 3. The Hall–Kier alpha value is -2.99. The first-order chi connectivity index (χ1) is 13.5. The fourth-order valence-corrected chi connectivity index (χ4v) is 3.13. The number of aromatic nitrogens is 4. The summed E-state index contributed by atoms with van der Waals surface area (Å²) in [5.74, 6) is 1.08. The van der Waals surface area contributed by atoms with Gasteiger partial charge in [-0.2, -0.15) is 9.97 Å². The molecular weight excluding hydrogens is 368 g/mol. The highest BCUT2D eigenvalue weighted by Gasteiger charge is 2.44. The molecular formula is C17H20N6O5. The summed E-state index contributed by atoms with van der Waals surface area (Å²) in [6.45, 7) is -0.428. The Balaban J connectivity index is 1.70. The van der Waals surface area contributed by atoms with E-state index in [0.29, 0.717) is 22.7 Å². The number of hydrogen-bond donors (Lipinski definition) is 5. The van der Waals surface area contributed by atoms with Gasteiger partial charge in [-0.05, 0) is 24.3 Å². The first-order valence-electron chi connectivity index (χ1n) is 8.55. The number of nitrogens with zero attached hydrogens (tertiary/aromatic N) is 4. The lowest BCUT2D eigenvalue weighted by Gasteiger charge is -2.16. The Morgan fingerprint density at radius 3 is 2.61 bits per heavy atom. The largest absolute Gasteiger partial charge is 0.497 e. The van der Waals surface area contributed by atoms with Gasteiger partial charge in [0.25, 0.3) is 0 Å². The highest BCUT2D eigenvalue weighted by atomic mass is 16.6. The molecule has 0 unspecified atom stereocenters. The van der Waals surface area contributed by atoms with Crippen molar-refractivity contribution in [1.82, 2.24) is 19.5 Å². The molecule has 3 heterocycles. The molecule has 1 aliphatic heterocycles. The second-order valence-electron chi connectivity index (χ2n) is 6.34. The third-order valence-corrected chi connectivity index (χ3v) is 4.58. The van der Waals surface area contributed by atoms with E-state index in [1.807, 2.05) is 12.1 Å². The Morgan fingerprint density at radius 1 is 1.21 bits per heavy atom. The first-order valence-corrected chi connectivity index (χ1v) is 8.55. The van der Waals surface area contributed by atoms with Crippen LogP contribution >= 0.6 is 0 Å². The minimum absolute atomic E-state index is 0.00277. The number of methoxy groups -OCH3 is 1. The molecule has 2 aromatic heterocycles. The van der Waals surface area contributed by atoms with Gasteiger partial charge < -0.3 is 35.8 Å². The van der Waals surface area contributed by atoms with Crippen molar-refractivity contribution < 1.29 is 24.8 Å². The molecule has 11 nitrogen and oxygen atoms in total. The predicted octanol–water partition coefficient (Wildman–Crippen LogP) is -0.228. The number of aliphatic hydroxyl groups excluding tert-OH is 3. The lowest BCUT2D eigenvalue weighted by molar-refractivity contribution is -0.0511. The molecule has 1 aliphatic rings. The second-order valence-corrected chi connectivity index (χ2v) is 6.34. The maximum absolute atomic E-state index is 10.3. The van der Waals surface area contributed by atoms with E-state index in [9.17, 15) is 15.3 Å². The van der Waals surface area contributed by atoms with Crippen LogP contribution in [-0.4, -0.2) is 66.9 Å². The molecule has 28 heavy (non-hydrogen) atoms. The van der Waals surface area contributed by atoms with Crippen molar-refractivity contribution in [2.24, 2.45) is 0 Å². The fourth-order valence-electron chi connectivity index (χ4n) is 3.13. The molecule has 0 spiro atoms. The zero-order chi connectivity index (χ0) is 19.8. The number of nitrogens with two attached hydrogens (primary N) is 1. The Kier molecular flexibility index (Phi) is 4.73. The van der Waals surface area contributed by atoms with Crippen molar-refractivity contribution in [2.45, 2.75) is 24.5 Å². The summed E-state index contributed by atoms with van der Waals surface area (Å²) in [5.41, 5.74) is 7.31. The van der Waals surface area contributed by atoms with Gasteiger partial charge in [0.05, 0.1) is 20.0 Å². The lowest BCUT2D eigenvalue weighted by atomic mass is 10.1. The summed E-state index contributed by atoms with van der Waals surface area (Å²) in [7, 11) is 1.58. The number of rotatable bonds is 5. The first kappa shape index (κ1) is 18.4. The third-order valence-electron chi connectivity index (χ3n) is 4.58. The number of fused-ring (bicyclic) bond motifs is 1. The van der Waals surface area contributed by atoms with Gasteiger partial charge in [0, 0.05) is 5.69 Å². The van der Waals surface area contributed by atoms with Crippen molar-refractivity contribution in [3.05, 3.63) is 30.6 Å². The minimum atomic E-state index is -1.26. The Bertz CT molecular complexity index is 978. The molecule has 4 atom stereocenters. The molecule has 6 N–H and O–H groups in total. The van der Waals surface area contributed by atoms with Gasteiger partial charge in [-0.25, -0.2) is 4.98 Å². The molecule has 148 valence electrons. The van der Waals surface area contributed by atoms with E-state index < -0.39 is 31.1 Å². The molecule has 1 aromatic carbocycles. The number of nitrogens with one attached hydrogen (secondary N) is 1. The molecule has 4 rings (SSSR count). The van der Waals surface area contributed by atoms with E-state index in [4.69, 9.17) is 15.2 Å². The molecule has 11 heteroatoms. The molecule has 0 bridgehead atoms. The summed E-state index contributed by atoms with van der Waals surface area (Å²) < 4.78 is 12.1. The average molecular weight is 388 g/mol. The van der Waals surface area contributed by atoms with Crippen LogP contribution in [0.5, 0.6) is 5.75 Å². The normalized spacial score (nSPS) is 24.6. The maximum atomic E-state index is 10.3. The van der Waals surface area contributed by atoms with E-state index >= 15 is 0 Å². The van der Waals surface area contributed by atoms with Crippen LogP contribution in [0.4, 0.5) is 17.5 Å². The van der Waals surface area contributed by atoms with E-state index in [0.717, 1.165) is 5.69 Å². The van der Waals surface area contributed by atoms with Crippen molar-refractivity contribution in [2.75, 3.05) is 24.8 Å². The van der Waals surface area contributed by atoms with E-state index in [1.165, 1.54) is 10.9 Å². The summed E-state index contributed by atoms with van der Waals surface area (Å²) in [6.07, 6.45) is -2.96. The highest BCUT2D eigenvalue weighted by Crippen LogP contribution is 2.33. The fraction of sp³-hybridized carbons (Fsp3) is 0.353. The van der Waals surface area contributed by atoms with E-state index in [-0.39, 0.29) is 5.95 Å². The van der Waals surface area contributed by atoms with E-state index in [1.54, 1.807) is 19.2 Å². The van der Waals surface area contributed by atoms with Crippen molar-refractivity contribution >= 4 is 28.6 Å². The van der Waals surface area contributed by atoms with Crippen LogP contribution in [0.25, 0.3) is 11.2 Å². The number of aliphatic hydroxyl groups is 3. The van der Waals surface area contributed by atoms with Crippen molar-refractivity contribution in [3.8, 4) is 5.75 Å². The van der Waals surface area contributed by atoms with Crippen LogP contribution in [0.2, 0.25) is 0 Å². The predicted molar refractivity (Wildman–Crippen MR) is 99.0 cm³/mol. The Labute approximate surface area is 159 Å². The topological polar surface area (TPSA) is 161 Å². The van der Waals surface area contributed by atoms with Crippen LogP contribution in [0, 0.1) is 0 Å². The van der Waals surface area contributed by atoms with Crippen molar-refractivity contribution in [1.29, 1.82) is 0 Å². The Morgan fingerprint density at radius 2 is 1.96 bits per heavy atom. The van der Waals surface area contributed by atoms with Crippen LogP contribution < -0.4 is 15.8 Å². The highest BCUT2D eigenvalue weighted by molar-refractivity contribution is 5.86. The van der Waals surface area contributed by atoms with Crippen LogP contribution in [0.1, 0.15) is 6.23 Å². The van der Waals surface area contributed by atoms with Gasteiger partial charge in [0.2, 0.25) is 5.95 Å². The quantitative estimate of drug-likeness (QED) is 0.395. The zero-order valence-corrected chi connectivity index (χ0v) is 14.9. The van der Waals surface area contributed by atoms with Gasteiger partial charge in [-0.1, -0.05) is 0 Å². The van der Waals surface area contributed by atoms with Gasteiger partial charge in [-0.3, -0.25) is 4.57 Å². The number of imidazole rings is 1. The summed E-state index contributed by atoms with van der Waals surface area (Å²) in [6, 6.07) is 7.21. The number of benzene rings is 1.